The largest absolute Gasteiger partial charge is 0.335 e. The molecule has 1 atom stereocenters. The van der Waals surface area contributed by atoms with Gasteiger partial charge in [-0.1, -0.05) is 31.7 Å². The van der Waals surface area contributed by atoms with E-state index in [2.05, 4.69) is 24.2 Å². The van der Waals surface area contributed by atoms with Crippen LogP contribution < -0.4 is 5.32 Å². The van der Waals surface area contributed by atoms with Crippen molar-refractivity contribution in [1.82, 2.24) is 0 Å². The van der Waals surface area contributed by atoms with E-state index in [1.165, 1.54) is 6.07 Å². The second kappa shape index (κ2) is 6.26. The normalized spacial score (nSPS) is 18.2. The Morgan fingerprint density at radius 1 is 1.55 bits per heavy atom. The molecule has 0 radical (unpaired) electrons. The second-order valence-corrected chi connectivity index (χ2v) is 6.42. The summed E-state index contributed by atoms with van der Waals surface area (Å²) in [6.07, 6.45) is 1.08. The number of hydrogen-bond donors (Lipinski definition) is 1. The van der Waals surface area contributed by atoms with E-state index in [4.69, 9.17) is 0 Å². The average Bonchev–Trinajstić information content (AvgIpc) is 2.78. The molecule has 6 heteroatoms. The van der Waals surface area contributed by atoms with Gasteiger partial charge in [-0.2, -0.15) is 0 Å². The fourth-order valence-corrected chi connectivity index (χ4v) is 3.09. The van der Waals surface area contributed by atoms with Crippen molar-refractivity contribution in [2.24, 2.45) is 10.9 Å². The number of hydrogen-bond acceptors (Lipinski definition) is 5. The Kier molecular flexibility index (Phi) is 4.65. The minimum absolute atomic E-state index is 0.0976. The first-order valence-corrected chi connectivity index (χ1v) is 7.67. The van der Waals surface area contributed by atoms with Crippen LogP contribution in [0, 0.1) is 23.0 Å². The van der Waals surface area contributed by atoms with Crippen molar-refractivity contribution >= 4 is 28.3 Å². The second-order valence-electron chi connectivity index (χ2n) is 5.41. The fourth-order valence-electron chi connectivity index (χ4n) is 2.12. The molecule has 0 amide bonds. The summed E-state index contributed by atoms with van der Waals surface area (Å²) in [5.74, 6) is 1.61. The third-order valence-corrected chi connectivity index (χ3v) is 4.16. The molecule has 20 heavy (non-hydrogen) atoms. The molecule has 1 aliphatic rings. The molecule has 0 saturated heterocycles. The summed E-state index contributed by atoms with van der Waals surface area (Å²) in [6, 6.07) is 5.19. The first kappa shape index (κ1) is 14.8. The quantitative estimate of drug-likeness (QED) is 0.676. The maximum absolute atomic E-state index is 10.8. The molecule has 5 nitrogen and oxygen atoms in total. The van der Waals surface area contributed by atoms with Gasteiger partial charge in [-0.15, -0.1) is 0 Å². The molecule has 0 spiro atoms. The van der Waals surface area contributed by atoms with Gasteiger partial charge in [0.15, 0.2) is 5.17 Å². The van der Waals surface area contributed by atoms with Crippen LogP contribution in [0.5, 0.6) is 0 Å². The van der Waals surface area contributed by atoms with Crippen molar-refractivity contribution in [3.05, 3.63) is 33.9 Å². The van der Waals surface area contributed by atoms with E-state index < -0.39 is 0 Å². The number of anilines is 1. The molecule has 0 aromatic heterocycles. The van der Waals surface area contributed by atoms with Gasteiger partial charge >= 0.3 is 0 Å². The molecule has 1 aromatic carbocycles. The van der Waals surface area contributed by atoms with Crippen LogP contribution >= 0.6 is 11.8 Å². The van der Waals surface area contributed by atoms with Crippen molar-refractivity contribution in [3.63, 3.8) is 0 Å². The van der Waals surface area contributed by atoms with E-state index in [9.17, 15) is 10.1 Å². The number of nitrogens with one attached hydrogen (secondary N) is 1. The smallest absolute Gasteiger partial charge is 0.271 e. The molecular formula is C14H19N3O2S. The molecule has 0 saturated carbocycles. The Labute approximate surface area is 123 Å². The lowest BCUT2D eigenvalue weighted by Gasteiger charge is -2.08. The van der Waals surface area contributed by atoms with E-state index in [0.717, 1.165) is 28.6 Å². The highest BCUT2D eigenvalue weighted by Gasteiger charge is 2.20. The molecule has 1 heterocycles. The van der Waals surface area contributed by atoms with Crippen molar-refractivity contribution in [2.45, 2.75) is 33.2 Å². The van der Waals surface area contributed by atoms with Gasteiger partial charge in [0.1, 0.15) is 0 Å². The lowest BCUT2D eigenvalue weighted by Crippen LogP contribution is -2.08. The highest BCUT2D eigenvalue weighted by atomic mass is 32.2. The lowest BCUT2D eigenvalue weighted by atomic mass is 10.1. The Bertz CT molecular complexity index is 543. The fraction of sp³-hybridized carbons (Fsp3) is 0.500. The number of non-ortho nitro benzene ring substituents is 1. The highest BCUT2D eigenvalue weighted by Crippen LogP contribution is 2.27. The van der Waals surface area contributed by atoms with Crippen LogP contribution in [0.25, 0.3) is 0 Å². The van der Waals surface area contributed by atoms with Crippen molar-refractivity contribution in [2.75, 3.05) is 11.1 Å². The van der Waals surface area contributed by atoms with Crippen molar-refractivity contribution < 1.29 is 4.92 Å². The molecule has 108 valence electrons. The number of nitro benzene ring substituents is 1. The molecule has 0 bridgehead atoms. The molecule has 1 aliphatic heterocycles. The summed E-state index contributed by atoms with van der Waals surface area (Å²) in [6.45, 7) is 6.31. The van der Waals surface area contributed by atoms with E-state index in [0.29, 0.717) is 12.0 Å². The number of rotatable bonds is 4. The molecule has 1 N–H and O–H groups in total. The third kappa shape index (κ3) is 3.72. The van der Waals surface area contributed by atoms with Crippen LogP contribution in [0.4, 0.5) is 11.4 Å². The van der Waals surface area contributed by atoms with Gasteiger partial charge in [0.25, 0.3) is 5.69 Å². The summed E-state index contributed by atoms with van der Waals surface area (Å²) < 4.78 is 0. The molecule has 0 fully saturated rings. The number of nitro groups is 1. The SMILES string of the molecule is Cc1ccc([N+](=O)[O-])cc1NC1=N[C@H](CC(C)C)CS1. The van der Waals surface area contributed by atoms with Gasteiger partial charge in [-0.05, 0) is 24.8 Å². The van der Waals surface area contributed by atoms with E-state index in [-0.39, 0.29) is 10.6 Å². The highest BCUT2D eigenvalue weighted by molar-refractivity contribution is 8.14. The number of nitrogens with zero attached hydrogens (tertiary/aromatic N) is 2. The number of aryl methyl sites for hydroxylation is 1. The molecule has 2 rings (SSSR count). The van der Waals surface area contributed by atoms with E-state index >= 15 is 0 Å². The van der Waals surface area contributed by atoms with Crippen molar-refractivity contribution in [1.29, 1.82) is 0 Å². The summed E-state index contributed by atoms with van der Waals surface area (Å²) >= 11 is 1.68. The number of benzene rings is 1. The van der Waals surface area contributed by atoms with Crippen LogP contribution in [0.2, 0.25) is 0 Å². The van der Waals surface area contributed by atoms with E-state index in [1.54, 1.807) is 23.9 Å². The van der Waals surface area contributed by atoms with Crippen LogP contribution in [-0.4, -0.2) is 21.9 Å². The summed E-state index contributed by atoms with van der Waals surface area (Å²) in [5, 5.41) is 14.9. The predicted molar refractivity (Wildman–Crippen MR) is 84.6 cm³/mol. The Morgan fingerprint density at radius 3 is 2.95 bits per heavy atom. The minimum atomic E-state index is -0.379. The summed E-state index contributed by atoms with van der Waals surface area (Å²) in [5.41, 5.74) is 1.84. The minimum Gasteiger partial charge on any atom is -0.335 e. The van der Waals surface area contributed by atoms with E-state index in [1.807, 2.05) is 6.92 Å². The van der Waals surface area contributed by atoms with Gasteiger partial charge < -0.3 is 5.32 Å². The average molecular weight is 293 g/mol. The molecule has 0 aliphatic carbocycles. The third-order valence-electron chi connectivity index (χ3n) is 3.13. The predicted octanol–water partition coefficient (Wildman–Crippen LogP) is 3.83. The number of aliphatic imine (C=N–C) groups is 1. The summed E-state index contributed by atoms with van der Waals surface area (Å²) in [7, 11) is 0. The van der Waals surface area contributed by atoms with Crippen LogP contribution in [-0.2, 0) is 0 Å². The molecule has 0 unspecified atom stereocenters. The van der Waals surface area contributed by atoms with Gasteiger partial charge in [0.05, 0.1) is 11.0 Å². The number of amidine groups is 1. The Morgan fingerprint density at radius 2 is 2.30 bits per heavy atom. The van der Waals surface area contributed by atoms with Gasteiger partial charge in [-0.25, -0.2) is 0 Å². The maximum atomic E-state index is 10.8. The van der Waals surface area contributed by atoms with Crippen molar-refractivity contribution in [3.8, 4) is 0 Å². The van der Waals surface area contributed by atoms with Gasteiger partial charge in [0, 0.05) is 23.6 Å². The lowest BCUT2D eigenvalue weighted by molar-refractivity contribution is -0.384. The summed E-state index contributed by atoms with van der Waals surface area (Å²) in [4.78, 5) is 15.1. The van der Waals surface area contributed by atoms with Gasteiger partial charge in [-0.3, -0.25) is 15.1 Å². The number of thioether (sulfide) groups is 1. The Hall–Kier alpha value is -1.56. The molecular weight excluding hydrogens is 274 g/mol. The first-order valence-electron chi connectivity index (χ1n) is 6.68. The first-order chi connectivity index (χ1) is 9.45. The van der Waals surface area contributed by atoms with Crippen LogP contribution in [0.15, 0.2) is 23.2 Å². The zero-order valence-electron chi connectivity index (χ0n) is 11.9. The maximum Gasteiger partial charge on any atom is 0.271 e. The topological polar surface area (TPSA) is 67.5 Å². The van der Waals surface area contributed by atoms with Gasteiger partial charge in [0.2, 0.25) is 0 Å². The van der Waals surface area contributed by atoms with Crippen LogP contribution in [0.1, 0.15) is 25.8 Å². The Balaban J connectivity index is 2.10. The monoisotopic (exact) mass is 293 g/mol. The molecule has 1 aromatic rings. The zero-order valence-corrected chi connectivity index (χ0v) is 12.7. The zero-order chi connectivity index (χ0) is 14.7. The van der Waals surface area contributed by atoms with Crippen LogP contribution in [0.3, 0.4) is 0 Å². The standard InChI is InChI=1S/C14H19N3O2S/c1-9(2)6-11-8-20-14(15-11)16-13-7-12(17(18)19)5-4-10(13)3/h4-5,7,9,11H,6,8H2,1-3H3,(H,15,16)/t11-/m1/s1.